The molecule has 0 spiro atoms. The molecule has 2 amide bonds. The fraction of sp³-hybridized carbons (Fsp3) is 0.355. The zero-order chi connectivity index (χ0) is 30.1. The number of fused-ring (bicyclic) bond motifs is 1. The number of halogens is 1. The average Bonchev–Trinajstić information content (AvgIpc) is 3.01. The van der Waals surface area contributed by atoms with Crippen molar-refractivity contribution in [2.24, 2.45) is 0 Å². The Balaban J connectivity index is 1.75. The molecule has 1 atom stereocenters. The van der Waals surface area contributed by atoms with Gasteiger partial charge in [-0.05, 0) is 42.7 Å². The van der Waals surface area contributed by atoms with Gasteiger partial charge in [-0.2, -0.15) is 0 Å². The van der Waals surface area contributed by atoms with Crippen LogP contribution in [0.4, 0.5) is 5.69 Å². The fourth-order valence-electron chi connectivity index (χ4n) is 4.64. The van der Waals surface area contributed by atoms with Crippen molar-refractivity contribution < 1.29 is 27.5 Å². The van der Waals surface area contributed by atoms with Crippen LogP contribution in [0.5, 0.6) is 11.5 Å². The highest BCUT2D eigenvalue weighted by molar-refractivity contribution is 7.92. The molecule has 0 aromatic heterocycles. The molecule has 1 N–H and O–H groups in total. The van der Waals surface area contributed by atoms with E-state index < -0.39 is 28.5 Å². The largest absolute Gasteiger partial charge is 0.486 e. The summed E-state index contributed by atoms with van der Waals surface area (Å²) >= 11 is 6.49. The third-order valence-electron chi connectivity index (χ3n) is 6.91. The predicted octanol–water partition coefficient (Wildman–Crippen LogP) is 4.43. The van der Waals surface area contributed by atoms with E-state index in [1.807, 2.05) is 37.3 Å². The second-order valence-electron chi connectivity index (χ2n) is 9.84. The molecule has 1 unspecified atom stereocenters. The molecule has 4 rings (SSSR count). The quantitative estimate of drug-likeness (QED) is 0.306. The lowest BCUT2D eigenvalue weighted by Crippen LogP contribution is -2.53. The SMILES string of the molecule is CCCNC(=O)C(Cc1ccccc1)N(Cc1ccccc1Cl)C(=O)CN(c1ccc2c(c1)OCCO2)S(=O)(=O)CC. The molecule has 3 aromatic rings. The van der Waals surface area contributed by atoms with Gasteiger partial charge in [-0.15, -0.1) is 0 Å². The molecule has 11 heteroatoms. The normalized spacial score (nSPS) is 13.2. The topological polar surface area (TPSA) is 105 Å². The van der Waals surface area contributed by atoms with E-state index in [9.17, 15) is 18.0 Å². The number of carbonyl (C=O) groups excluding carboxylic acids is 2. The summed E-state index contributed by atoms with van der Waals surface area (Å²) in [7, 11) is -3.91. The fourth-order valence-corrected chi connectivity index (χ4v) is 5.89. The van der Waals surface area contributed by atoms with Crippen molar-refractivity contribution in [3.8, 4) is 11.5 Å². The third-order valence-corrected chi connectivity index (χ3v) is 9.02. The Morgan fingerprint density at radius 1 is 0.952 bits per heavy atom. The van der Waals surface area contributed by atoms with Crippen molar-refractivity contribution in [3.63, 3.8) is 0 Å². The number of hydrogen-bond acceptors (Lipinski definition) is 6. The standard InChI is InChI=1S/C31H36ClN3O6S/c1-3-16-33-31(37)27(19-23-10-6-5-7-11-23)34(21-24-12-8-9-13-26(24)32)30(36)22-35(42(38,39)4-2)25-14-15-28-29(20-25)41-18-17-40-28/h5-15,20,27H,3-4,16-19,21-22H2,1-2H3,(H,33,37). The zero-order valence-electron chi connectivity index (χ0n) is 23.8. The monoisotopic (exact) mass is 613 g/mol. The minimum Gasteiger partial charge on any atom is -0.486 e. The smallest absolute Gasteiger partial charge is 0.244 e. The molecule has 1 aliphatic rings. The maximum absolute atomic E-state index is 14.2. The van der Waals surface area contributed by atoms with Crippen molar-refractivity contribution in [1.82, 2.24) is 10.2 Å². The number of nitrogens with zero attached hydrogens (tertiary/aromatic N) is 2. The van der Waals surface area contributed by atoms with Gasteiger partial charge in [0.15, 0.2) is 11.5 Å². The second-order valence-corrected chi connectivity index (χ2v) is 12.4. The minimum absolute atomic E-state index is 0.0106. The lowest BCUT2D eigenvalue weighted by atomic mass is 10.0. The van der Waals surface area contributed by atoms with Gasteiger partial charge in [-0.25, -0.2) is 8.42 Å². The molecule has 1 aliphatic heterocycles. The molecule has 1 heterocycles. The van der Waals surface area contributed by atoms with Gasteiger partial charge in [0, 0.05) is 30.6 Å². The Bertz CT molecular complexity index is 1480. The van der Waals surface area contributed by atoms with E-state index in [1.54, 1.807) is 42.5 Å². The highest BCUT2D eigenvalue weighted by Gasteiger charge is 2.34. The Morgan fingerprint density at radius 3 is 2.33 bits per heavy atom. The Labute approximate surface area is 252 Å². The molecule has 0 aliphatic carbocycles. The van der Waals surface area contributed by atoms with Crippen LogP contribution in [0.25, 0.3) is 0 Å². The van der Waals surface area contributed by atoms with Crippen LogP contribution in [0, 0.1) is 0 Å². The summed E-state index contributed by atoms with van der Waals surface area (Å²) < 4.78 is 39.0. The van der Waals surface area contributed by atoms with Gasteiger partial charge in [-0.1, -0.05) is 67.1 Å². The van der Waals surface area contributed by atoms with E-state index in [-0.39, 0.29) is 30.3 Å². The van der Waals surface area contributed by atoms with E-state index >= 15 is 0 Å². The molecule has 3 aromatic carbocycles. The Hall–Kier alpha value is -3.76. The van der Waals surface area contributed by atoms with Gasteiger partial charge in [0.2, 0.25) is 21.8 Å². The van der Waals surface area contributed by atoms with Gasteiger partial charge >= 0.3 is 0 Å². The van der Waals surface area contributed by atoms with E-state index in [2.05, 4.69) is 5.32 Å². The predicted molar refractivity (Wildman–Crippen MR) is 163 cm³/mol. The van der Waals surface area contributed by atoms with Crippen LogP contribution >= 0.6 is 11.6 Å². The van der Waals surface area contributed by atoms with Crippen LogP contribution in [-0.4, -0.2) is 63.2 Å². The lowest BCUT2D eigenvalue weighted by molar-refractivity contribution is -0.140. The van der Waals surface area contributed by atoms with Gasteiger partial charge in [0.25, 0.3) is 0 Å². The average molecular weight is 614 g/mol. The number of hydrogen-bond donors (Lipinski definition) is 1. The van der Waals surface area contributed by atoms with E-state index in [0.717, 1.165) is 16.3 Å². The van der Waals surface area contributed by atoms with Crippen LogP contribution in [0.3, 0.4) is 0 Å². The van der Waals surface area contributed by atoms with Crippen molar-refractivity contribution in [1.29, 1.82) is 0 Å². The Morgan fingerprint density at radius 2 is 1.64 bits per heavy atom. The number of rotatable bonds is 13. The van der Waals surface area contributed by atoms with Crippen molar-refractivity contribution in [2.75, 3.05) is 36.4 Å². The van der Waals surface area contributed by atoms with Crippen LogP contribution in [0.15, 0.2) is 72.8 Å². The highest BCUT2D eigenvalue weighted by atomic mass is 35.5. The first-order chi connectivity index (χ1) is 20.2. The van der Waals surface area contributed by atoms with Gasteiger partial charge < -0.3 is 19.7 Å². The Kier molecular flexibility index (Phi) is 10.7. The van der Waals surface area contributed by atoms with E-state index in [0.29, 0.717) is 41.8 Å². The number of carbonyl (C=O) groups is 2. The molecule has 0 saturated carbocycles. The minimum atomic E-state index is -3.91. The number of ether oxygens (including phenoxy) is 2. The number of anilines is 1. The van der Waals surface area contributed by atoms with Gasteiger partial charge in [0.1, 0.15) is 25.8 Å². The van der Waals surface area contributed by atoms with Crippen LogP contribution in [0.2, 0.25) is 5.02 Å². The summed E-state index contributed by atoms with van der Waals surface area (Å²) in [5.41, 5.74) is 1.76. The van der Waals surface area contributed by atoms with Crippen LogP contribution < -0.4 is 19.1 Å². The highest BCUT2D eigenvalue weighted by Crippen LogP contribution is 2.35. The molecule has 0 radical (unpaired) electrons. The third kappa shape index (κ3) is 7.74. The first kappa shape index (κ1) is 31.2. The molecule has 0 saturated heterocycles. The lowest BCUT2D eigenvalue weighted by Gasteiger charge is -2.34. The number of amides is 2. The molecular weight excluding hydrogens is 578 g/mol. The van der Waals surface area contributed by atoms with E-state index in [4.69, 9.17) is 21.1 Å². The van der Waals surface area contributed by atoms with Gasteiger partial charge in [-0.3, -0.25) is 13.9 Å². The maximum Gasteiger partial charge on any atom is 0.244 e. The molecule has 9 nitrogen and oxygen atoms in total. The summed E-state index contributed by atoms with van der Waals surface area (Å²) in [5, 5.41) is 3.36. The first-order valence-corrected chi connectivity index (χ1v) is 16.0. The summed E-state index contributed by atoms with van der Waals surface area (Å²) in [5.74, 6) is -0.207. The van der Waals surface area contributed by atoms with Crippen LogP contribution in [-0.2, 0) is 32.6 Å². The van der Waals surface area contributed by atoms with Crippen molar-refractivity contribution in [2.45, 2.75) is 39.3 Å². The first-order valence-electron chi connectivity index (χ1n) is 14.0. The zero-order valence-corrected chi connectivity index (χ0v) is 25.4. The number of nitrogens with one attached hydrogen (secondary N) is 1. The van der Waals surface area contributed by atoms with Crippen LogP contribution in [0.1, 0.15) is 31.4 Å². The number of sulfonamides is 1. The molecule has 224 valence electrons. The second kappa shape index (κ2) is 14.4. The van der Waals surface area contributed by atoms with Crippen molar-refractivity contribution in [3.05, 3.63) is 88.9 Å². The molecule has 0 fully saturated rings. The summed E-state index contributed by atoms with van der Waals surface area (Å²) in [6.07, 6.45) is 0.950. The molecule has 0 bridgehead atoms. The maximum atomic E-state index is 14.2. The summed E-state index contributed by atoms with van der Waals surface area (Å²) in [6, 6.07) is 20.3. The molecule has 42 heavy (non-hydrogen) atoms. The van der Waals surface area contributed by atoms with Crippen molar-refractivity contribution >= 4 is 39.1 Å². The molecular formula is C31H36ClN3O6S. The summed E-state index contributed by atoms with van der Waals surface area (Å²) in [6.45, 7) is 4.11. The number of benzene rings is 3. The van der Waals surface area contributed by atoms with E-state index in [1.165, 1.54) is 11.8 Å². The van der Waals surface area contributed by atoms with Gasteiger partial charge in [0.05, 0.1) is 11.4 Å². The summed E-state index contributed by atoms with van der Waals surface area (Å²) in [4.78, 5) is 29.3.